The van der Waals surface area contributed by atoms with Crippen molar-refractivity contribution < 1.29 is 10.2 Å². The molecule has 0 bridgehead atoms. The molecule has 18 heavy (non-hydrogen) atoms. The largest absolute Gasteiger partial charge is 0.508 e. The van der Waals surface area contributed by atoms with E-state index in [1.807, 2.05) is 6.07 Å². The van der Waals surface area contributed by atoms with Crippen LogP contribution in [0.2, 0.25) is 10.0 Å². The Balaban J connectivity index is 2.35. The van der Waals surface area contributed by atoms with E-state index >= 15 is 0 Å². The summed E-state index contributed by atoms with van der Waals surface area (Å²) in [5, 5.41) is 19.4. The fraction of sp³-hybridized carbons (Fsp3) is 0. The van der Waals surface area contributed by atoms with Gasteiger partial charge in [-0.2, -0.15) is 0 Å². The normalized spacial score (nSPS) is 11.0. The monoisotopic (exact) mass is 280 g/mol. The molecule has 2 aromatic rings. The van der Waals surface area contributed by atoms with Crippen LogP contribution in [0.25, 0.3) is 12.2 Å². The van der Waals surface area contributed by atoms with Gasteiger partial charge in [0.05, 0.1) is 10.0 Å². The molecule has 0 amide bonds. The van der Waals surface area contributed by atoms with E-state index in [1.165, 1.54) is 12.1 Å². The first-order valence-electron chi connectivity index (χ1n) is 5.21. The van der Waals surface area contributed by atoms with Gasteiger partial charge in [-0.05, 0) is 29.8 Å². The van der Waals surface area contributed by atoms with Crippen molar-refractivity contribution in [3.8, 4) is 11.5 Å². The van der Waals surface area contributed by atoms with Crippen LogP contribution in [0, 0.1) is 0 Å². The van der Waals surface area contributed by atoms with Crippen LogP contribution in [0.3, 0.4) is 0 Å². The molecule has 0 aromatic heterocycles. The summed E-state index contributed by atoms with van der Waals surface area (Å²) in [5.74, 6) is 0.222. The van der Waals surface area contributed by atoms with Gasteiger partial charge < -0.3 is 10.2 Å². The fourth-order valence-corrected chi connectivity index (χ4v) is 2.14. The highest BCUT2D eigenvalue weighted by Gasteiger charge is 2.04. The Morgan fingerprint density at radius 1 is 0.833 bits per heavy atom. The molecule has 0 saturated heterocycles. The van der Waals surface area contributed by atoms with Crippen molar-refractivity contribution in [2.75, 3.05) is 0 Å². The molecule has 0 radical (unpaired) electrons. The lowest BCUT2D eigenvalue weighted by Gasteiger charge is -2.03. The lowest BCUT2D eigenvalue weighted by atomic mass is 10.1. The van der Waals surface area contributed by atoms with Crippen LogP contribution in [-0.2, 0) is 0 Å². The highest BCUT2D eigenvalue weighted by Crippen LogP contribution is 2.31. The van der Waals surface area contributed by atoms with Crippen LogP contribution in [0.5, 0.6) is 11.5 Å². The van der Waals surface area contributed by atoms with Gasteiger partial charge in [-0.1, -0.05) is 47.5 Å². The van der Waals surface area contributed by atoms with E-state index in [-0.39, 0.29) is 11.5 Å². The topological polar surface area (TPSA) is 40.5 Å². The average molecular weight is 281 g/mol. The molecule has 92 valence electrons. The third-order valence-corrected chi connectivity index (χ3v) is 3.00. The first-order valence-corrected chi connectivity index (χ1v) is 5.97. The van der Waals surface area contributed by atoms with Crippen LogP contribution in [-0.4, -0.2) is 10.2 Å². The summed E-state index contributed by atoms with van der Waals surface area (Å²) in [4.78, 5) is 0. The number of phenols is 2. The second-order valence-electron chi connectivity index (χ2n) is 3.75. The van der Waals surface area contributed by atoms with Crippen molar-refractivity contribution in [2.45, 2.75) is 0 Å². The lowest BCUT2D eigenvalue weighted by molar-refractivity contribution is 0.475. The van der Waals surface area contributed by atoms with Gasteiger partial charge in [0.25, 0.3) is 0 Å². The van der Waals surface area contributed by atoms with Crippen LogP contribution >= 0.6 is 23.2 Å². The van der Waals surface area contributed by atoms with E-state index in [0.717, 1.165) is 5.56 Å². The lowest BCUT2D eigenvalue weighted by Crippen LogP contribution is -1.79. The zero-order chi connectivity index (χ0) is 13.1. The average Bonchev–Trinajstić information content (AvgIpc) is 2.27. The molecule has 2 aromatic carbocycles. The summed E-state index contributed by atoms with van der Waals surface area (Å²) in [5.41, 5.74) is 1.45. The van der Waals surface area contributed by atoms with Gasteiger partial charge in [-0.15, -0.1) is 0 Å². The van der Waals surface area contributed by atoms with Crippen LogP contribution in [0.15, 0.2) is 36.4 Å². The van der Waals surface area contributed by atoms with E-state index in [2.05, 4.69) is 0 Å². The van der Waals surface area contributed by atoms with E-state index in [1.54, 1.807) is 30.4 Å². The minimum Gasteiger partial charge on any atom is -0.508 e. The van der Waals surface area contributed by atoms with Gasteiger partial charge in [0, 0.05) is 5.56 Å². The van der Waals surface area contributed by atoms with E-state index in [0.29, 0.717) is 15.6 Å². The predicted molar refractivity (Wildman–Crippen MR) is 75.2 cm³/mol. The number of aromatic hydroxyl groups is 2. The molecule has 0 fully saturated rings. The predicted octanol–water partition coefficient (Wildman–Crippen LogP) is 4.58. The molecule has 0 aliphatic carbocycles. The van der Waals surface area contributed by atoms with Crippen molar-refractivity contribution in [1.29, 1.82) is 0 Å². The summed E-state index contributed by atoms with van der Waals surface area (Å²) in [6.07, 6.45) is 3.52. The summed E-state index contributed by atoms with van der Waals surface area (Å²) >= 11 is 12.0. The Morgan fingerprint density at radius 2 is 1.50 bits per heavy atom. The summed E-state index contributed by atoms with van der Waals surface area (Å²) in [7, 11) is 0. The molecule has 0 spiro atoms. The maximum absolute atomic E-state index is 9.34. The molecule has 0 saturated carbocycles. The fourth-order valence-electron chi connectivity index (χ4n) is 1.54. The number of phenolic OH excluding ortho intramolecular Hbond substituents is 2. The summed E-state index contributed by atoms with van der Waals surface area (Å²) in [6.45, 7) is 0. The van der Waals surface area contributed by atoms with Gasteiger partial charge >= 0.3 is 0 Å². The van der Waals surface area contributed by atoms with Gasteiger partial charge in [-0.25, -0.2) is 0 Å². The Kier molecular flexibility index (Phi) is 3.80. The molecular formula is C14H10Cl2O2. The zero-order valence-electron chi connectivity index (χ0n) is 9.27. The number of benzene rings is 2. The van der Waals surface area contributed by atoms with E-state index in [4.69, 9.17) is 23.2 Å². The number of hydrogen-bond donors (Lipinski definition) is 2. The van der Waals surface area contributed by atoms with Gasteiger partial charge in [0.1, 0.15) is 11.5 Å². The van der Waals surface area contributed by atoms with Crippen molar-refractivity contribution in [3.05, 3.63) is 57.6 Å². The van der Waals surface area contributed by atoms with Crippen molar-refractivity contribution in [1.82, 2.24) is 0 Å². The van der Waals surface area contributed by atoms with Crippen LogP contribution < -0.4 is 0 Å². The maximum atomic E-state index is 9.34. The van der Waals surface area contributed by atoms with Gasteiger partial charge in [-0.3, -0.25) is 0 Å². The van der Waals surface area contributed by atoms with Crippen molar-refractivity contribution >= 4 is 35.4 Å². The van der Waals surface area contributed by atoms with E-state index in [9.17, 15) is 10.2 Å². The third kappa shape index (κ3) is 2.97. The Bertz CT molecular complexity index is 583. The van der Waals surface area contributed by atoms with Crippen molar-refractivity contribution in [2.24, 2.45) is 0 Å². The third-order valence-electron chi connectivity index (χ3n) is 2.38. The van der Waals surface area contributed by atoms with E-state index < -0.39 is 0 Å². The Labute approximate surface area is 115 Å². The minimum atomic E-state index is 0.0273. The molecule has 0 unspecified atom stereocenters. The Hall–Kier alpha value is -1.64. The summed E-state index contributed by atoms with van der Waals surface area (Å²) < 4.78 is 0. The molecule has 0 atom stereocenters. The highest BCUT2D eigenvalue weighted by molar-refractivity contribution is 6.37. The van der Waals surface area contributed by atoms with Gasteiger partial charge in [0.2, 0.25) is 0 Å². The second-order valence-corrected chi connectivity index (χ2v) is 4.57. The second kappa shape index (κ2) is 5.34. The molecule has 0 heterocycles. The van der Waals surface area contributed by atoms with Gasteiger partial charge in [0.15, 0.2) is 0 Å². The highest BCUT2D eigenvalue weighted by atomic mass is 35.5. The molecule has 0 aliphatic heterocycles. The van der Waals surface area contributed by atoms with Crippen LogP contribution in [0.4, 0.5) is 0 Å². The maximum Gasteiger partial charge on any atom is 0.118 e. The Morgan fingerprint density at radius 3 is 2.11 bits per heavy atom. The minimum absolute atomic E-state index is 0.0273. The SMILES string of the molecule is Oc1cccc(/C=C/c2c(Cl)cc(O)cc2Cl)c1. The molecule has 2 rings (SSSR count). The number of halogens is 2. The van der Waals surface area contributed by atoms with Crippen molar-refractivity contribution in [3.63, 3.8) is 0 Å². The molecule has 2 N–H and O–H groups in total. The molecule has 0 aliphatic rings. The molecule has 2 nitrogen and oxygen atoms in total. The molecule has 4 heteroatoms. The van der Waals surface area contributed by atoms with Crippen LogP contribution in [0.1, 0.15) is 11.1 Å². The first-order chi connectivity index (χ1) is 8.56. The number of hydrogen-bond acceptors (Lipinski definition) is 2. The zero-order valence-corrected chi connectivity index (χ0v) is 10.8. The smallest absolute Gasteiger partial charge is 0.118 e. The first kappa shape index (κ1) is 12.8. The quantitative estimate of drug-likeness (QED) is 0.791. The molecular weight excluding hydrogens is 271 g/mol. The standard InChI is InChI=1S/C14H10Cl2O2/c15-13-7-11(18)8-14(16)12(13)5-4-9-2-1-3-10(17)6-9/h1-8,17-18H/b5-4+. The number of rotatable bonds is 2. The summed E-state index contributed by atoms with van der Waals surface area (Å²) in [6, 6.07) is 9.66.